The number of hydrogen-bond donors (Lipinski definition) is 1. The topological polar surface area (TPSA) is 35.6 Å². The van der Waals surface area contributed by atoms with Crippen LogP contribution in [0.5, 0.6) is 0 Å². The predicted molar refractivity (Wildman–Crippen MR) is 74.7 cm³/mol. The summed E-state index contributed by atoms with van der Waals surface area (Å²) in [6.45, 7) is 4.36. The van der Waals surface area contributed by atoms with Crippen LogP contribution in [0.2, 0.25) is 0 Å². The summed E-state index contributed by atoms with van der Waals surface area (Å²) in [5.41, 5.74) is 0. The third-order valence-electron chi connectivity index (χ3n) is 2.83. The van der Waals surface area contributed by atoms with Crippen LogP contribution in [0.1, 0.15) is 0 Å². The SMILES string of the molecule is CN(C(=O)CN1CCNCC1)c1cc(Br)cs1. The van der Waals surface area contributed by atoms with Gasteiger partial charge in [0, 0.05) is 43.1 Å². The number of halogens is 1. The monoisotopic (exact) mass is 317 g/mol. The van der Waals surface area contributed by atoms with E-state index in [1.54, 1.807) is 16.2 Å². The molecule has 4 nitrogen and oxygen atoms in total. The van der Waals surface area contributed by atoms with Crippen LogP contribution < -0.4 is 10.2 Å². The lowest BCUT2D eigenvalue weighted by atomic mass is 10.3. The molecule has 6 heteroatoms. The van der Waals surface area contributed by atoms with Gasteiger partial charge in [0.15, 0.2) is 0 Å². The molecule has 0 spiro atoms. The summed E-state index contributed by atoms with van der Waals surface area (Å²) < 4.78 is 1.03. The first-order chi connectivity index (χ1) is 8.16. The molecule has 17 heavy (non-hydrogen) atoms. The van der Waals surface area contributed by atoms with Crippen LogP contribution >= 0.6 is 27.3 Å². The Morgan fingerprint density at radius 3 is 2.88 bits per heavy atom. The number of anilines is 1. The van der Waals surface area contributed by atoms with Crippen molar-refractivity contribution in [2.75, 3.05) is 44.7 Å². The lowest BCUT2D eigenvalue weighted by Crippen LogP contribution is -2.47. The molecule has 0 aromatic carbocycles. The van der Waals surface area contributed by atoms with Gasteiger partial charge in [0.1, 0.15) is 0 Å². The highest BCUT2D eigenvalue weighted by atomic mass is 79.9. The maximum absolute atomic E-state index is 12.1. The minimum atomic E-state index is 0.154. The molecule has 0 radical (unpaired) electrons. The van der Waals surface area contributed by atoms with Crippen molar-refractivity contribution >= 4 is 38.2 Å². The van der Waals surface area contributed by atoms with Gasteiger partial charge in [-0.25, -0.2) is 0 Å². The Labute approximate surface area is 114 Å². The second-order valence-corrected chi connectivity index (χ2v) is 5.89. The van der Waals surface area contributed by atoms with Crippen molar-refractivity contribution in [3.8, 4) is 0 Å². The van der Waals surface area contributed by atoms with Crippen LogP contribution in [0.15, 0.2) is 15.9 Å². The first-order valence-corrected chi connectivity index (χ1v) is 7.28. The van der Waals surface area contributed by atoms with Crippen molar-refractivity contribution in [1.29, 1.82) is 0 Å². The Kier molecular flexibility index (Phi) is 4.55. The number of nitrogens with one attached hydrogen (secondary N) is 1. The largest absolute Gasteiger partial charge is 0.314 e. The number of rotatable bonds is 3. The molecule has 2 rings (SSSR count). The summed E-state index contributed by atoms with van der Waals surface area (Å²) in [6.07, 6.45) is 0. The zero-order valence-electron chi connectivity index (χ0n) is 9.78. The Bertz CT molecular complexity index is 390. The molecule has 1 aliphatic heterocycles. The van der Waals surface area contributed by atoms with Crippen molar-refractivity contribution < 1.29 is 4.79 Å². The fraction of sp³-hybridized carbons (Fsp3) is 0.545. The highest BCUT2D eigenvalue weighted by molar-refractivity contribution is 9.10. The summed E-state index contributed by atoms with van der Waals surface area (Å²) in [7, 11) is 1.84. The van der Waals surface area contributed by atoms with Crippen LogP contribution in [0.4, 0.5) is 5.00 Å². The Morgan fingerprint density at radius 1 is 1.59 bits per heavy atom. The third-order valence-corrected chi connectivity index (χ3v) is 4.59. The second-order valence-electron chi connectivity index (χ2n) is 4.08. The smallest absolute Gasteiger partial charge is 0.241 e. The van der Waals surface area contributed by atoms with E-state index in [0.717, 1.165) is 35.7 Å². The number of carbonyl (C=O) groups is 1. The average molecular weight is 318 g/mol. The van der Waals surface area contributed by atoms with E-state index in [9.17, 15) is 4.79 Å². The molecule has 0 aliphatic carbocycles. The molecule has 0 unspecified atom stereocenters. The summed E-state index contributed by atoms with van der Waals surface area (Å²) in [5.74, 6) is 0.154. The van der Waals surface area contributed by atoms with Gasteiger partial charge in [0.2, 0.25) is 5.91 Å². The van der Waals surface area contributed by atoms with Gasteiger partial charge in [0.05, 0.1) is 11.5 Å². The molecule has 94 valence electrons. The first kappa shape index (κ1) is 13.0. The number of thiophene rings is 1. The van der Waals surface area contributed by atoms with Crippen LogP contribution in [0, 0.1) is 0 Å². The van der Waals surface area contributed by atoms with Crippen molar-refractivity contribution in [2.24, 2.45) is 0 Å². The molecule has 0 bridgehead atoms. The molecule has 0 atom stereocenters. The lowest BCUT2D eigenvalue weighted by molar-refractivity contribution is -0.119. The fourth-order valence-corrected chi connectivity index (χ4v) is 3.17. The molecular formula is C11H16BrN3OS. The molecule has 0 saturated carbocycles. The molecule has 1 saturated heterocycles. The van der Waals surface area contributed by atoms with E-state index in [-0.39, 0.29) is 5.91 Å². The minimum Gasteiger partial charge on any atom is -0.314 e. The van der Waals surface area contributed by atoms with Crippen LogP contribution in [0.3, 0.4) is 0 Å². The van der Waals surface area contributed by atoms with Gasteiger partial charge in [-0.3, -0.25) is 9.69 Å². The average Bonchev–Trinajstić information content (AvgIpc) is 2.76. The van der Waals surface area contributed by atoms with E-state index < -0.39 is 0 Å². The van der Waals surface area contributed by atoms with Crippen molar-refractivity contribution in [1.82, 2.24) is 10.2 Å². The van der Waals surface area contributed by atoms with Crippen LogP contribution in [-0.2, 0) is 4.79 Å². The van der Waals surface area contributed by atoms with Crippen molar-refractivity contribution in [3.63, 3.8) is 0 Å². The molecule has 1 aliphatic rings. The van der Waals surface area contributed by atoms with E-state index in [4.69, 9.17) is 0 Å². The standard InChI is InChI=1S/C11H16BrN3OS/c1-14(11-6-9(12)8-17-11)10(16)7-15-4-2-13-3-5-15/h6,8,13H,2-5,7H2,1H3. The molecule has 1 fully saturated rings. The second kappa shape index (κ2) is 5.95. The third kappa shape index (κ3) is 3.51. The van der Waals surface area contributed by atoms with Crippen molar-refractivity contribution in [2.45, 2.75) is 0 Å². The summed E-state index contributed by atoms with van der Waals surface area (Å²) in [6, 6.07) is 1.97. The Hall–Kier alpha value is -0.430. The van der Waals surface area contributed by atoms with Crippen LogP contribution in [-0.4, -0.2) is 50.6 Å². The lowest BCUT2D eigenvalue weighted by Gasteiger charge is -2.28. The molecular weight excluding hydrogens is 302 g/mol. The quantitative estimate of drug-likeness (QED) is 0.915. The number of hydrogen-bond acceptors (Lipinski definition) is 4. The van der Waals surface area contributed by atoms with E-state index in [1.165, 1.54) is 0 Å². The van der Waals surface area contributed by atoms with Gasteiger partial charge in [-0.1, -0.05) is 0 Å². The first-order valence-electron chi connectivity index (χ1n) is 5.60. The van der Waals surface area contributed by atoms with Crippen LogP contribution in [0.25, 0.3) is 0 Å². The zero-order chi connectivity index (χ0) is 12.3. The predicted octanol–water partition coefficient (Wildman–Crippen LogP) is 1.38. The normalized spacial score (nSPS) is 17.1. The maximum Gasteiger partial charge on any atom is 0.241 e. The molecule has 1 aromatic rings. The van der Waals surface area contributed by atoms with Gasteiger partial charge in [-0.2, -0.15) is 0 Å². The maximum atomic E-state index is 12.1. The summed E-state index contributed by atoms with van der Waals surface area (Å²) in [4.78, 5) is 16.0. The number of likely N-dealkylation sites (N-methyl/N-ethyl adjacent to an activating group) is 1. The van der Waals surface area contributed by atoms with E-state index in [1.807, 2.05) is 18.5 Å². The number of amides is 1. The van der Waals surface area contributed by atoms with Crippen molar-refractivity contribution in [3.05, 3.63) is 15.9 Å². The van der Waals surface area contributed by atoms with E-state index >= 15 is 0 Å². The number of nitrogens with zero attached hydrogens (tertiary/aromatic N) is 2. The summed E-state index contributed by atoms with van der Waals surface area (Å²) >= 11 is 4.98. The highest BCUT2D eigenvalue weighted by Crippen LogP contribution is 2.27. The molecule has 1 aromatic heterocycles. The fourth-order valence-electron chi connectivity index (χ4n) is 1.77. The summed E-state index contributed by atoms with van der Waals surface area (Å²) in [5, 5.41) is 6.25. The Balaban J connectivity index is 1.90. The molecule has 1 amide bonds. The van der Waals surface area contributed by atoms with Gasteiger partial charge >= 0.3 is 0 Å². The molecule has 1 N–H and O–H groups in total. The molecule has 2 heterocycles. The van der Waals surface area contributed by atoms with Gasteiger partial charge in [0.25, 0.3) is 0 Å². The number of carbonyl (C=O) groups excluding carboxylic acids is 1. The van der Waals surface area contributed by atoms with Gasteiger partial charge in [-0.05, 0) is 22.0 Å². The minimum absolute atomic E-state index is 0.154. The Morgan fingerprint density at radius 2 is 2.29 bits per heavy atom. The van der Waals surface area contributed by atoms with E-state index in [2.05, 4.69) is 26.1 Å². The number of piperazine rings is 1. The highest BCUT2D eigenvalue weighted by Gasteiger charge is 2.18. The van der Waals surface area contributed by atoms with Gasteiger partial charge < -0.3 is 10.2 Å². The van der Waals surface area contributed by atoms with E-state index in [0.29, 0.717) is 6.54 Å². The van der Waals surface area contributed by atoms with Gasteiger partial charge in [-0.15, -0.1) is 11.3 Å². The zero-order valence-corrected chi connectivity index (χ0v) is 12.2.